The third-order valence-corrected chi connectivity index (χ3v) is 3.76. The monoisotopic (exact) mass is 260 g/mol. The Morgan fingerprint density at radius 3 is 3.11 bits per heavy atom. The van der Waals surface area contributed by atoms with Crippen LogP contribution in [0.25, 0.3) is 10.9 Å². The van der Waals surface area contributed by atoms with E-state index in [4.69, 9.17) is 9.47 Å². The van der Waals surface area contributed by atoms with Crippen molar-refractivity contribution < 1.29 is 9.47 Å². The highest BCUT2D eigenvalue weighted by Gasteiger charge is 2.19. The molecule has 4 heteroatoms. The molecule has 0 bridgehead atoms. The van der Waals surface area contributed by atoms with Crippen molar-refractivity contribution in [1.29, 1.82) is 0 Å². The smallest absolute Gasteiger partial charge is 0.119 e. The molecule has 4 nitrogen and oxygen atoms in total. The number of nitrogens with zero attached hydrogens (tertiary/aromatic N) is 1. The molecule has 0 aliphatic carbocycles. The quantitative estimate of drug-likeness (QED) is 0.899. The molecule has 0 amide bonds. The minimum absolute atomic E-state index is 0.130. The fourth-order valence-electron chi connectivity index (χ4n) is 2.69. The Morgan fingerprint density at radius 2 is 2.26 bits per heavy atom. The van der Waals surface area contributed by atoms with Crippen LogP contribution in [-0.4, -0.2) is 31.4 Å². The van der Waals surface area contributed by atoms with E-state index in [0.29, 0.717) is 0 Å². The summed E-state index contributed by atoms with van der Waals surface area (Å²) < 4.78 is 13.4. The Balaban J connectivity index is 2.00. The molecule has 0 saturated carbocycles. The van der Waals surface area contributed by atoms with Gasteiger partial charge in [0.15, 0.2) is 0 Å². The average Bonchev–Trinajstić information content (AvgIpc) is 2.64. The zero-order valence-electron chi connectivity index (χ0n) is 11.5. The third kappa shape index (κ3) is 2.33. The van der Waals surface area contributed by atoms with Crippen LogP contribution in [0.4, 0.5) is 0 Å². The summed E-state index contributed by atoms with van der Waals surface area (Å²) in [4.78, 5) is 0. The predicted octanol–water partition coefficient (Wildman–Crippen LogP) is 2.24. The predicted molar refractivity (Wildman–Crippen MR) is 75.7 cm³/mol. The molecule has 2 heterocycles. The van der Waals surface area contributed by atoms with E-state index in [1.807, 2.05) is 6.07 Å². The number of rotatable bonds is 2. The lowest BCUT2D eigenvalue weighted by Gasteiger charge is -2.16. The first-order valence-electron chi connectivity index (χ1n) is 6.75. The van der Waals surface area contributed by atoms with E-state index >= 15 is 0 Å². The highest BCUT2D eigenvalue weighted by atomic mass is 16.5. The zero-order chi connectivity index (χ0) is 13.2. The maximum atomic E-state index is 5.94. The summed E-state index contributed by atoms with van der Waals surface area (Å²) in [6.45, 7) is 2.73. The first kappa shape index (κ1) is 12.5. The van der Waals surface area contributed by atoms with Crippen molar-refractivity contribution in [2.24, 2.45) is 7.05 Å². The Morgan fingerprint density at radius 1 is 1.37 bits per heavy atom. The molecule has 1 aliphatic rings. The van der Waals surface area contributed by atoms with Crippen LogP contribution in [0.2, 0.25) is 0 Å². The summed E-state index contributed by atoms with van der Waals surface area (Å²) in [5.41, 5.74) is 2.43. The van der Waals surface area contributed by atoms with Crippen molar-refractivity contribution in [3.8, 4) is 5.75 Å². The van der Waals surface area contributed by atoms with E-state index in [1.165, 1.54) is 16.6 Å². The summed E-state index contributed by atoms with van der Waals surface area (Å²) in [5, 5.41) is 4.63. The van der Waals surface area contributed by atoms with Crippen LogP contribution in [-0.2, 0) is 11.8 Å². The molecule has 1 unspecified atom stereocenters. The van der Waals surface area contributed by atoms with Crippen LogP contribution in [0.5, 0.6) is 5.75 Å². The second-order valence-electron chi connectivity index (χ2n) is 4.97. The van der Waals surface area contributed by atoms with Gasteiger partial charge >= 0.3 is 0 Å². The molecule has 0 spiro atoms. The molecular formula is C15H20N2O2. The average molecular weight is 260 g/mol. The van der Waals surface area contributed by atoms with Crippen LogP contribution in [0.15, 0.2) is 24.3 Å². The summed E-state index contributed by atoms with van der Waals surface area (Å²) in [6.07, 6.45) is 1.21. The highest BCUT2D eigenvalue weighted by molar-refractivity contribution is 5.83. The van der Waals surface area contributed by atoms with Gasteiger partial charge in [0, 0.05) is 36.8 Å². The maximum absolute atomic E-state index is 5.94. The number of hydrogen-bond donors (Lipinski definition) is 1. The van der Waals surface area contributed by atoms with Gasteiger partial charge in [-0.2, -0.15) is 0 Å². The lowest BCUT2D eigenvalue weighted by Crippen LogP contribution is -2.21. The van der Waals surface area contributed by atoms with Gasteiger partial charge in [-0.3, -0.25) is 0 Å². The lowest BCUT2D eigenvalue weighted by atomic mass is 10.2. The largest absolute Gasteiger partial charge is 0.497 e. The lowest BCUT2D eigenvalue weighted by molar-refractivity contribution is 0.0623. The minimum atomic E-state index is 0.130. The molecule has 19 heavy (non-hydrogen) atoms. The Labute approximate surface area is 113 Å². The van der Waals surface area contributed by atoms with E-state index < -0.39 is 0 Å². The Hall–Kier alpha value is -1.52. The molecular weight excluding hydrogens is 240 g/mol. The van der Waals surface area contributed by atoms with E-state index in [1.54, 1.807) is 7.11 Å². The van der Waals surface area contributed by atoms with Crippen LogP contribution >= 0.6 is 0 Å². The maximum Gasteiger partial charge on any atom is 0.119 e. The van der Waals surface area contributed by atoms with Gasteiger partial charge in [0.05, 0.1) is 7.11 Å². The molecule has 2 aromatic rings. The second kappa shape index (κ2) is 5.23. The number of ether oxygens (including phenoxy) is 2. The fraction of sp³-hybridized carbons (Fsp3) is 0.467. The van der Waals surface area contributed by atoms with E-state index in [0.717, 1.165) is 31.9 Å². The van der Waals surface area contributed by atoms with Crippen molar-refractivity contribution in [1.82, 2.24) is 9.88 Å². The van der Waals surface area contributed by atoms with E-state index in [-0.39, 0.29) is 6.10 Å². The summed E-state index contributed by atoms with van der Waals surface area (Å²) in [7, 11) is 3.79. The van der Waals surface area contributed by atoms with Crippen molar-refractivity contribution in [3.05, 3.63) is 30.0 Å². The van der Waals surface area contributed by atoms with Gasteiger partial charge in [-0.25, -0.2) is 0 Å². The van der Waals surface area contributed by atoms with Crippen molar-refractivity contribution in [2.45, 2.75) is 12.5 Å². The zero-order valence-corrected chi connectivity index (χ0v) is 11.5. The number of fused-ring (bicyclic) bond motifs is 1. The summed E-state index contributed by atoms with van der Waals surface area (Å²) in [6, 6.07) is 8.37. The molecule has 102 valence electrons. The van der Waals surface area contributed by atoms with Gasteiger partial charge in [-0.05, 0) is 37.2 Å². The number of methoxy groups -OCH3 is 1. The Kier molecular flexibility index (Phi) is 3.44. The van der Waals surface area contributed by atoms with Gasteiger partial charge < -0.3 is 19.4 Å². The van der Waals surface area contributed by atoms with Crippen molar-refractivity contribution in [2.75, 3.05) is 26.8 Å². The fourth-order valence-corrected chi connectivity index (χ4v) is 2.69. The SMILES string of the molecule is COc1ccc2c(c1)cc(C1CNCCCO1)n2C. The molecule has 1 aliphatic heterocycles. The summed E-state index contributed by atoms with van der Waals surface area (Å²) in [5.74, 6) is 0.893. The molecule has 1 N–H and O–H groups in total. The van der Waals surface area contributed by atoms with Crippen LogP contribution in [0.3, 0.4) is 0 Å². The standard InChI is InChI=1S/C15H20N2O2/c1-17-13-5-4-12(18-2)8-11(13)9-14(17)15-10-16-6-3-7-19-15/h4-5,8-9,15-16H,3,6-7,10H2,1-2H3. The third-order valence-electron chi connectivity index (χ3n) is 3.76. The number of aryl methyl sites for hydroxylation is 1. The topological polar surface area (TPSA) is 35.4 Å². The van der Waals surface area contributed by atoms with Gasteiger partial charge in [0.25, 0.3) is 0 Å². The van der Waals surface area contributed by atoms with Crippen molar-refractivity contribution >= 4 is 10.9 Å². The second-order valence-corrected chi connectivity index (χ2v) is 4.97. The molecule has 1 aromatic heterocycles. The van der Waals surface area contributed by atoms with Crippen LogP contribution in [0, 0.1) is 0 Å². The molecule has 0 radical (unpaired) electrons. The van der Waals surface area contributed by atoms with Crippen LogP contribution < -0.4 is 10.1 Å². The molecule has 3 rings (SSSR count). The van der Waals surface area contributed by atoms with Gasteiger partial charge in [-0.15, -0.1) is 0 Å². The van der Waals surface area contributed by atoms with Crippen molar-refractivity contribution in [3.63, 3.8) is 0 Å². The molecule has 1 fully saturated rings. The minimum Gasteiger partial charge on any atom is -0.497 e. The molecule has 1 aromatic carbocycles. The number of benzene rings is 1. The molecule has 1 saturated heterocycles. The number of aromatic nitrogens is 1. The van der Waals surface area contributed by atoms with E-state index in [9.17, 15) is 0 Å². The first-order valence-corrected chi connectivity index (χ1v) is 6.75. The molecule has 1 atom stereocenters. The number of hydrogen-bond acceptors (Lipinski definition) is 3. The normalized spacial score (nSPS) is 20.4. The van der Waals surface area contributed by atoms with Crippen LogP contribution in [0.1, 0.15) is 18.2 Å². The highest BCUT2D eigenvalue weighted by Crippen LogP contribution is 2.28. The summed E-state index contributed by atoms with van der Waals surface area (Å²) >= 11 is 0. The first-order chi connectivity index (χ1) is 9.29. The van der Waals surface area contributed by atoms with Gasteiger partial charge in [0.2, 0.25) is 0 Å². The van der Waals surface area contributed by atoms with E-state index in [2.05, 4.69) is 35.1 Å². The van der Waals surface area contributed by atoms with Gasteiger partial charge in [0.1, 0.15) is 11.9 Å². The van der Waals surface area contributed by atoms with Gasteiger partial charge in [-0.1, -0.05) is 0 Å². The number of nitrogens with one attached hydrogen (secondary N) is 1. The Bertz CT molecular complexity index is 569.